The van der Waals surface area contributed by atoms with Gasteiger partial charge in [-0.1, -0.05) is 19.1 Å². The van der Waals surface area contributed by atoms with Gasteiger partial charge in [-0.05, 0) is 66.6 Å². The number of benzene rings is 2. The Labute approximate surface area is 194 Å². The van der Waals surface area contributed by atoms with E-state index in [1.165, 1.54) is 10.4 Å². The van der Waals surface area contributed by atoms with Crippen LogP contribution in [0.2, 0.25) is 0 Å². The van der Waals surface area contributed by atoms with Gasteiger partial charge in [-0.3, -0.25) is 4.79 Å². The van der Waals surface area contributed by atoms with Gasteiger partial charge in [0.1, 0.15) is 16.9 Å². The van der Waals surface area contributed by atoms with Gasteiger partial charge in [0.2, 0.25) is 6.79 Å². The van der Waals surface area contributed by atoms with E-state index in [-0.39, 0.29) is 12.7 Å². The van der Waals surface area contributed by atoms with Crippen molar-refractivity contribution in [1.29, 1.82) is 0 Å². The number of thiophene rings is 1. The Morgan fingerprint density at radius 1 is 1.12 bits per heavy atom. The van der Waals surface area contributed by atoms with Gasteiger partial charge in [0, 0.05) is 4.88 Å². The van der Waals surface area contributed by atoms with Crippen LogP contribution in [0.4, 0.5) is 5.00 Å². The van der Waals surface area contributed by atoms with Gasteiger partial charge in [-0.25, -0.2) is 4.79 Å². The van der Waals surface area contributed by atoms with Crippen molar-refractivity contribution in [2.24, 2.45) is 5.92 Å². The molecule has 0 fully saturated rings. The van der Waals surface area contributed by atoms with E-state index in [9.17, 15) is 9.59 Å². The molecule has 1 amide bonds. The number of amides is 1. The molecule has 7 nitrogen and oxygen atoms in total. The van der Waals surface area contributed by atoms with Gasteiger partial charge in [-0.15, -0.1) is 11.3 Å². The molecule has 1 aliphatic carbocycles. The maximum absolute atomic E-state index is 13.0. The molecule has 0 saturated carbocycles. The molecule has 6 rings (SSSR count). The van der Waals surface area contributed by atoms with Crippen LogP contribution in [0.15, 0.2) is 42.5 Å². The molecule has 2 N–H and O–H groups in total. The number of carbonyl (C=O) groups excluding carboxylic acids is 2. The molecule has 0 spiro atoms. The molecule has 2 unspecified atom stereocenters. The van der Waals surface area contributed by atoms with Crippen LogP contribution in [0, 0.1) is 5.92 Å². The fourth-order valence-electron chi connectivity index (χ4n) is 4.58. The number of carbonyl (C=O) groups is 2. The number of nitrogens with one attached hydrogen (secondary N) is 2. The summed E-state index contributed by atoms with van der Waals surface area (Å²) in [6.45, 7) is 2.40. The predicted molar refractivity (Wildman–Crippen MR) is 123 cm³/mol. The van der Waals surface area contributed by atoms with Crippen LogP contribution < -0.4 is 24.8 Å². The fraction of sp³-hybridized carbons (Fsp3) is 0.280. The van der Waals surface area contributed by atoms with Gasteiger partial charge < -0.3 is 24.8 Å². The average molecular weight is 463 g/mol. The van der Waals surface area contributed by atoms with Crippen molar-refractivity contribution < 1.29 is 23.8 Å². The Kier molecular flexibility index (Phi) is 4.76. The predicted octanol–water partition coefficient (Wildman–Crippen LogP) is 4.67. The summed E-state index contributed by atoms with van der Waals surface area (Å²) in [5.41, 5.74) is 3.17. The second kappa shape index (κ2) is 7.81. The second-order valence-corrected chi connectivity index (χ2v) is 9.74. The molecule has 2 atom stereocenters. The first-order valence-electron chi connectivity index (χ1n) is 11.0. The van der Waals surface area contributed by atoms with Crippen LogP contribution in [0.5, 0.6) is 17.2 Å². The first-order chi connectivity index (χ1) is 16.0. The lowest BCUT2D eigenvalue weighted by Gasteiger charge is -2.27. The summed E-state index contributed by atoms with van der Waals surface area (Å²) >= 11 is 1.69. The topological polar surface area (TPSA) is 85.9 Å². The van der Waals surface area contributed by atoms with Crippen LogP contribution in [0.1, 0.15) is 56.2 Å². The lowest BCUT2D eigenvalue weighted by Crippen LogP contribution is -2.38. The van der Waals surface area contributed by atoms with Crippen molar-refractivity contribution in [3.8, 4) is 17.2 Å². The molecule has 0 bridgehead atoms. The number of anilines is 1. The third kappa shape index (κ3) is 3.60. The summed E-state index contributed by atoms with van der Waals surface area (Å²) in [5.74, 6) is 1.63. The minimum Gasteiger partial charge on any atom is -0.454 e. The number of ether oxygens (including phenoxy) is 3. The molecule has 8 heteroatoms. The standard InChI is InChI=1S/C25H22N2O5S/c1-13-5-7-17-20(9-13)33-24-21(17)23(28)26-22(27-24)14-3-2-4-16(10-14)32-25(29)15-6-8-18-19(11-15)31-12-30-18/h2-4,6,8,10-11,13,22,27H,5,7,9,12H2,1H3,(H,26,28). The highest BCUT2D eigenvalue weighted by molar-refractivity contribution is 7.16. The molecule has 3 heterocycles. The highest BCUT2D eigenvalue weighted by Gasteiger charge is 2.33. The molecular formula is C25H22N2O5S. The summed E-state index contributed by atoms with van der Waals surface area (Å²) in [6, 6.07) is 12.1. The van der Waals surface area contributed by atoms with Crippen molar-refractivity contribution in [2.45, 2.75) is 32.4 Å². The minimum absolute atomic E-state index is 0.0523. The van der Waals surface area contributed by atoms with Gasteiger partial charge >= 0.3 is 5.97 Å². The molecule has 1 aromatic heterocycles. The molecule has 0 saturated heterocycles. The van der Waals surface area contributed by atoms with Gasteiger partial charge in [-0.2, -0.15) is 0 Å². The Morgan fingerprint density at radius 2 is 2.00 bits per heavy atom. The SMILES string of the molecule is CC1CCc2c(sc3c2C(=O)NC(c2cccc(OC(=O)c4ccc5c(c4)OCO5)c2)N3)C1. The molecule has 168 valence electrons. The second-order valence-electron chi connectivity index (χ2n) is 8.64. The molecule has 2 aromatic carbocycles. The third-order valence-electron chi connectivity index (χ3n) is 6.30. The molecular weight excluding hydrogens is 440 g/mol. The molecule has 0 radical (unpaired) electrons. The lowest BCUT2D eigenvalue weighted by molar-refractivity contribution is 0.0733. The summed E-state index contributed by atoms with van der Waals surface area (Å²) in [5, 5.41) is 7.46. The number of esters is 1. The highest BCUT2D eigenvalue weighted by atomic mass is 32.1. The van der Waals surface area contributed by atoms with Crippen LogP contribution >= 0.6 is 11.3 Å². The van der Waals surface area contributed by atoms with Crippen LogP contribution in [-0.2, 0) is 12.8 Å². The van der Waals surface area contributed by atoms with E-state index in [1.807, 2.05) is 12.1 Å². The van der Waals surface area contributed by atoms with Crippen LogP contribution in [0.3, 0.4) is 0 Å². The number of hydrogen-bond donors (Lipinski definition) is 2. The van der Waals surface area contributed by atoms with E-state index >= 15 is 0 Å². The molecule has 2 aliphatic heterocycles. The first-order valence-corrected chi connectivity index (χ1v) is 11.8. The molecule has 33 heavy (non-hydrogen) atoms. The smallest absolute Gasteiger partial charge is 0.343 e. The number of hydrogen-bond acceptors (Lipinski definition) is 7. The van der Waals surface area contributed by atoms with Crippen molar-refractivity contribution >= 4 is 28.2 Å². The van der Waals surface area contributed by atoms with E-state index in [4.69, 9.17) is 14.2 Å². The van der Waals surface area contributed by atoms with E-state index in [0.717, 1.165) is 35.4 Å². The maximum Gasteiger partial charge on any atom is 0.343 e. The Balaban J connectivity index is 1.22. The number of fused-ring (bicyclic) bond motifs is 4. The summed E-state index contributed by atoms with van der Waals surface area (Å²) in [7, 11) is 0. The lowest BCUT2D eigenvalue weighted by atomic mass is 9.88. The highest BCUT2D eigenvalue weighted by Crippen LogP contribution is 2.42. The molecule has 3 aliphatic rings. The summed E-state index contributed by atoms with van der Waals surface area (Å²) < 4.78 is 16.2. The Hall–Kier alpha value is -3.52. The van der Waals surface area contributed by atoms with E-state index in [1.54, 1.807) is 41.7 Å². The third-order valence-corrected chi connectivity index (χ3v) is 7.49. The van der Waals surface area contributed by atoms with Crippen molar-refractivity contribution in [1.82, 2.24) is 5.32 Å². The average Bonchev–Trinajstić information content (AvgIpc) is 3.42. The zero-order valence-electron chi connectivity index (χ0n) is 18.0. The van der Waals surface area contributed by atoms with E-state index in [0.29, 0.717) is 28.7 Å². The number of rotatable bonds is 3. The van der Waals surface area contributed by atoms with Crippen molar-refractivity contribution in [3.63, 3.8) is 0 Å². The summed E-state index contributed by atoms with van der Waals surface area (Å²) in [6.07, 6.45) is 2.70. The Morgan fingerprint density at radius 3 is 2.91 bits per heavy atom. The van der Waals surface area contributed by atoms with Gasteiger partial charge in [0.25, 0.3) is 5.91 Å². The van der Waals surface area contributed by atoms with Gasteiger partial charge in [0.05, 0.1) is 11.1 Å². The van der Waals surface area contributed by atoms with E-state index < -0.39 is 12.1 Å². The van der Waals surface area contributed by atoms with Gasteiger partial charge in [0.15, 0.2) is 11.5 Å². The fourth-order valence-corrected chi connectivity index (χ4v) is 6.01. The van der Waals surface area contributed by atoms with Crippen molar-refractivity contribution in [2.75, 3.05) is 12.1 Å². The first kappa shape index (κ1) is 20.1. The van der Waals surface area contributed by atoms with E-state index in [2.05, 4.69) is 17.6 Å². The Bertz CT molecular complexity index is 1280. The summed E-state index contributed by atoms with van der Waals surface area (Å²) in [4.78, 5) is 26.9. The van der Waals surface area contributed by atoms with Crippen molar-refractivity contribution in [3.05, 3.63) is 69.6 Å². The minimum atomic E-state index is -0.492. The zero-order chi connectivity index (χ0) is 22.5. The molecule has 3 aromatic rings. The largest absolute Gasteiger partial charge is 0.454 e. The maximum atomic E-state index is 13.0. The van der Waals surface area contributed by atoms with Crippen LogP contribution in [-0.4, -0.2) is 18.7 Å². The zero-order valence-corrected chi connectivity index (χ0v) is 18.8. The normalized spacial score (nSPS) is 20.3. The monoisotopic (exact) mass is 462 g/mol. The quantitative estimate of drug-likeness (QED) is 0.434. The van der Waals surface area contributed by atoms with Crippen LogP contribution in [0.25, 0.3) is 0 Å².